The molecule has 0 heterocycles. The summed E-state index contributed by atoms with van der Waals surface area (Å²) in [5.41, 5.74) is 1.89. The molecular weight excluding hydrogens is 241 g/mol. The Hall–Kier alpha value is -2.47. The van der Waals surface area contributed by atoms with Crippen molar-refractivity contribution in [1.29, 1.82) is 5.26 Å². The fourth-order valence-corrected chi connectivity index (χ4v) is 1.88. The number of halogens is 1. The Morgan fingerprint density at radius 3 is 2.74 bits per heavy atom. The van der Waals surface area contributed by atoms with Crippen LogP contribution in [0.1, 0.15) is 29.3 Å². The van der Waals surface area contributed by atoms with Gasteiger partial charge in [-0.3, -0.25) is 4.79 Å². The molecule has 0 saturated heterocycles. The van der Waals surface area contributed by atoms with Gasteiger partial charge in [-0.15, -0.1) is 0 Å². The van der Waals surface area contributed by atoms with E-state index >= 15 is 0 Å². The van der Waals surface area contributed by atoms with Gasteiger partial charge in [0.25, 0.3) is 0 Å². The summed E-state index contributed by atoms with van der Waals surface area (Å²) in [7, 11) is 0. The van der Waals surface area contributed by atoms with E-state index in [2.05, 4.69) is 0 Å². The summed E-state index contributed by atoms with van der Waals surface area (Å²) in [6.45, 7) is 1.77. The van der Waals surface area contributed by atoms with Crippen LogP contribution in [0, 0.1) is 17.1 Å². The first-order valence-corrected chi connectivity index (χ1v) is 5.99. The zero-order valence-electron chi connectivity index (χ0n) is 10.5. The molecule has 2 aromatic rings. The normalized spacial score (nSPS) is 9.95. The van der Waals surface area contributed by atoms with E-state index in [4.69, 9.17) is 5.26 Å². The Balaban J connectivity index is 2.55. The van der Waals surface area contributed by atoms with Crippen LogP contribution in [0.3, 0.4) is 0 Å². The van der Waals surface area contributed by atoms with Gasteiger partial charge in [0.2, 0.25) is 0 Å². The SMILES string of the molecule is CCC(=O)c1ccc(F)c(-c2cccc(C#N)c2)c1. The van der Waals surface area contributed by atoms with Crippen molar-refractivity contribution in [1.82, 2.24) is 0 Å². The number of nitriles is 1. The molecule has 0 amide bonds. The summed E-state index contributed by atoms with van der Waals surface area (Å²) in [6.07, 6.45) is 0.378. The van der Waals surface area contributed by atoms with Crippen LogP contribution in [0.25, 0.3) is 11.1 Å². The molecule has 19 heavy (non-hydrogen) atoms. The lowest BCUT2D eigenvalue weighted by Crippen LogP contribution is -1.98. The number of rotatable bonds is 3. The molecule has 94 valence electrons. The highest BCUT2D eigenvalue weighted by Crippen LogP contribution is 2.25. The van der Waals surface area contributed by atoms with Crippen molar-refractivity contribution in [3.63, 3.8) is 0 Å². The van der Waals surface area contributed by atoms with Crippen LogP contribution < -0.4 is 0 Å². The topological polar surface area (TPSA) is 40.9 Å². The predicted octanol–water partition coefficient (Wildman–Crippen LogP) is 3.96. The van der Waals surface area contributed by atoms with Gasteiger partial charge in [0, 0.05) is 17.5 Å². The summed E-state index contributed by atoms with van der Waals surface area (Å²) < 4.78 is 13.9. The summed E-state index contributed by atoms with van der Waals surface area (Å²) in [5, 5.41) is 8.86. The second kappa shape index (κ2) is 5.45. The number of nitrogens with zero attached hydrogens (tertiary/aromatic N) is 1. The van der Waals surface area contributed by atoms with E-state index < -0.39 is 5.82 Å². The van der Waals surface area contributed by atoms with E-state index in [1.54, 1.807) is 31.2 Å². The minimum absolute atomic E-state index is 0.0299. The Kier molecular flexibility index (Phi) is 3.72. The molecule has 0 fully saturated rings. The summed E-state index contributed by atoms with van der Waals surface area (Å²) >= 11 is 0. The molecule has 0 aliphatic heterocycles. The van der Waals surface area contributed by atoms with Crippen molar-refractivity contribution in [3.8, 4) is 17.2 Å². The second-order valence-corrected chi connectivity index (χ2v) is 4.16. The Morgan fingerprint density at radius 2 is 2.05 bits per heavy atom. The Morgan fingerprint density at radius 1 is 1.26 bits per heavy atom. The number of hydrogen-bond donors (Lipinski definition) is 0. The van der Waals surface area contributed by atoms with Gasteiger partial charge >= 0.3 is 0 Å². The van der Waals surface area contributed by atoms with Gasteiger partial charge in [-0.05, 0) is 35.9 Å². The largest absolute Gasteiger partial charge is 0.294 e. The lowest BCUT2D eigenvalue weighted by Gasteiger charge is -2.06. The number of carbonyl (C=O) groups excluding carboxylic acids is 1. The first-order valence-electron chi connectivity index (χ1n) is 5.99. The van der Waals surface area contributed by atoms with Gasteiger partial charge in [0.1, 0.15) is 5.82 Å². The van der Waals surface area contributed by atoms with Crippen LogP contribution in [0.15, 0.2) is 42.5 Å². The average Bonchev–Trinajstić information content (AvgIpc) is 2.47. The molecule has 0 saturated carbocycles. The predicted molar refractivity (Wildman–Crippen MR) is 71.2 cm³/mol. The summed E-state index contributed by atoms with van der Waals surface area (Å²) in [4.78, 5) is 11.7. The zero-order chi connectivity index (χ0) is 13.8. The first kappa shape index (κ1) is 13.0. The van der Waals surface area contributed by atoms with Crippen molar-refractivity contribution in [2.24, 2.45) is 0 Å². The van der Waals surface area contributed by atoms with Gasteiger partial charge in [-0.1, -0.05) is 19.1 Å². The van der Waals surface area contributed by atoms with Crippen molar-refractivity contribution in [2.75, 3.05) is 0 Å². The van der Waals surface area contributed by atoms with E-state index in [1.807, 2.05) is 6.07 Å². The van der Waals surface area contributed by atoms with Crippen molar-refractivity contribution in [3.05, 3.63) is 59.4 Å². The maximum Gasteiger partial charge on any atom is 0.162 e. The summed E-state index contributed by atoms with van der Waals surface area (Å²) in [5.74, 6) is -0.430. The molecule has 2 rings (SSSR count). The molecule has 2 nitrogen and oxygen atoms in total. The highest BCUT2D eigenvalue weighted by atomic mass is 19.1. The molecule has 3 heteroatoms. The van der Waals surface area contributed by atoms with Crippen molar-refractivity contribution >= 4 is 5.78 Å². The number of ketones is 1. The molecular formula is C16H12FNO. The molecule has 0 aliphatic carbocycles. The summed E-state index contributed by atoms with van der Waals surface area (Å²) in [6, 6.07) is 13.0. The van der Waals surface area contributed by atoms with Crippen LogP contribution in [0.2, 0.25) is 0 Å². The highest BCUT2D eigenvalue weighted by molar-refractivity contribution is 5.97. The number of hydrogen-bond acceptors (Lipinski definition) is 2. The van der Waals surface area contributed by atoms with Gasteiger partial charge in [-0.2, -0.15) is 5.26 Å². The van der Waals surface area contributed by atoms with E-state index in [0.717, 1.165) is 0 Å². The third-order valence-corrected chi connectivity index (χ3v) is 2.91. The van der Waals surface area contributed by atoms with E-state index in [9.17, 15) is 9.18 Å². The van der Waals surface area contributed by atoms with Gasteiger partial charge < -0.3 is 0 Å². The average molecular weight is 253 g/mol. The molecule has 0 radical (unpaired) electrons. The van der Waals surface area contributed by atoms with Crippen LogP contribution in [0.5, 0.6) is 0 Å². The van der Waals surface area contributed by atoms with Crippen molar-refractivity contribution < 1.29 is 9.18 Å². The molecule has 0 aromatic heterocycles. The molecule has 2 aromatic carbocycles. The van der Waals surface area contributed by atoms with Crippen LogP contribution in [-0.2, 0) is 0 Å². The second-order valence-electron chi connectivity index (χ2n) is 4.16. The minimum Gasteiger partial charge on any atom is -0.294 e. The van der Waals surface area contributed by atoms with Gasteiger partial charge in [0.15, 0.2) is 5.78 Å². The Labute approximate surface area is 111 Å². The standard InChI is InChI=1S/C16H12FNO/c1-2-16(19)13-6-7-15(17)14(9-13)12-5-3-4-11(8-12)10-18/h3-9H,2H2,1H3. The molecule has 0 atom stereocenters. The smallest absolute Gasteiger partial charge is 0.162 e. The minimum atomic E-state index is -0.400. The van der Waals surface area contributed by atoms with Crippen LogP contribution >= 0.6 is 0 Å². The molecule has 0 N–H and O–H groups in total. The van der Waals surface area contributed by atoms with E-state index in [0.29, 0.717) is 28.7 Å². The first-order chi connectivity index (χ1) is 9.15. The Bertz CT molecular complexity index is 671. The zero-order valence-corrected chi connectivity index (χ0v) is 10.5. The fourth-order valence-electron chi connectivity index (χ4n) is 1.88. The lowest BCUT2D eigenvalue weighted by atomic mass is 9.99. The highest BCUT2D eigenvalue weighted by Gasteiger charge is 2.10. The quantitative estimate of drug-likeness (QED) is 0.777. The molecule has 0 unspecified atom stereocenters. The molecule has 0 aliphatic rings. The fraction of sp³-hybridized carbons (Fsp3) is 0.125. The monoisotopic (exact) mass is 253 g/mol. The maximum absolute atomic E-state index is 13.9. The number of Topliss-reactive ketones (excluding diaryl/α,β-unsaturated/α-hetero) is 1. The maximum atomic E-state index is 13.9. The third-order valence-electron chi connectivity index (χ3n) is 2.91. The van der Waals surface area contributed by atoms with E-state index in [-0.39, 0.29) is 5.78 Å². The molecule has 0 bridgehead atoms. The number of benzene rings is 2. The van der Waals surface area contributed by atoms with Crippen LogP contribution in [0.4, 0.5) is 4.39 Å². The van der Waals surface area contributed by atoms with Crippen molar-refractivity contribution in [2.45, 2.75) is 13.3 Å². The molecule has 0 spiro atoms. The van der Waals surface area contributed by atoms with E-state index in [1.165, 1.54) is 18.2 Å². The van der Waals surface area contributed by atoms with Crippen LogP contribution in [-0.4, -0.2) is 5.78 Å². The van der Waals surface area contributed by atoms with Gasteiger partial charge in [-0.25, -0.2) is 4.39 Å². The number of carbonyl (C=O) groups is 1. The third kappa shape index (κ3) is 2.69. The van der Waals surface area contributed by atoms with Gasteiger partial charge in [0.05, 0.1) is 11.6 Å². The lowest BCUT2D eigenvalue weighted by molar-refractivity contribution is 0.0988.